The minimum absolute atomic E-state index is 0.0351. The zero-order valence-electron chi connectivity index (χ0n) is 22.6. The molecule has 1 fully saturated rings. The van der Waals surface area contributed by atoms with Crippen LogP contribution in [0, 0.1) is 12.7 Å². The summed E-state index contributed by atoms with van der Waals surface area (Å²) >= 11 is 0. The summed E-state index contributed by atoms with van der Waals surface area (Å²) in [6, 6.07) is 14.8. The van der Waals surface area contributed by atoms with Crippen molar-refractivity contribution >= 4 is 46.0 Å². The molecular weight excluding hydrogens is 543 g/mol. The maximum absolute atomic E-state index is 15.7. The summed E-state index contributed by atoms with van der Waals surface area (Å²) in [7, 11) is 0. The Bertz CT molecular complexity index is 1800. The van der Waals surface area contributed by atoms with Crippen LogP contribution in [0.4, 0.5) is 10.2 Å². The van der Waals surface area contributed by atoms with E-state index in [1.54, 1.807) is 23.2 Å². The van der Waals surface area contributed by atoms with E-state index < -0.39 is 17.6 Å². The van der Waals surface area contributed by atoms with Gasteiger partial charge in [-0.1, -0.05) is 23.4 Å². The average molecular weight is 571 g/mol. The van der Waals surface area contributed by atoms with Crippen LogP contribution in [-0.2, 0) is 4.79 Å². The Hall–Kier alpha value is -5.30. The fraction of sp³-hybridized carbons (Fsp3) is 0.207. The van der Waals surface area contributed by atoms with Gasteiger partial charge in [-0.05, 0) is 67.6 Å². The number of carboxylic acid groups (broad SMARTS) is 1. The first kappa shape index (κ1) is 28.2. The Morgan fingerprint density at radius 1 is 1.19 bits per heavy atom. The number of hydrogen-bond acceptors (Lipinski definition) is 8. The van der Waals surface area contributed by atoms with E-state index in [0.29, 0.717) is 23.6 Å². The fourth-order valence-corrected chi connectivity index (χ4v) is 5.12. The van der Waals surface area contributed by atoms with Crippen LogP contribution in [-0.4, -0.2) is 67.5 Å². The molecule has 214 valence electrons. The van der Waals surface area contributed by atoms with Gasteiger partial charge in [-0.15, -0.1) is 5.10 Å². The zero-order chi connectivity index (χ0) is 29.8. The van der Waals surface area contributed by atoms with Gasteiger partial charge in [0.25, 0.3) is 18.3 Å². The van der Waals surface area contributed by atoms with Crippen LogP contribution in [0.2, 0.25) is 0 Å². The number of carbonyl (C=O) groups is 3. The molecule has 1 saturated heterocycles. The highest BCUT2D eigenvalue weighted by atomic mass is 19.1. The topological polar surface area (TPSA) is 169 Å². The number of pyridine rings is 2. The van der Waals surface area contributed by atoms with Gasteiger partial charge in [0.2, 0.25) is 0 Å². The highest BCUT2D eigenvalue weighted by Crippen LogP contribution is 2.32. The molecule has 12 nitrogen and oxygen atoms in total. The van der Waals surface area contributed by atoms with E-state index in [9.17, 15) is 9.59 Å². The number of piperidine rings is 1. The number of aryl methyl sites for hydroxylation is 1. The van der Waals surface area contributed by atoms with Crippen molar-refractivity contribution in [1.29, 1.82) is 0 Å². The molecule has 6 rings (SSSR count). The third-order valence-corrected chi connectivity index (χ3v) is 7.04. The molecule has 42 heavy (non-hydrogen) atoms. The number of amides is 2. The summed E-state index contributed by atoms with van der Waals surface area (Å²) < 4.78 is 17.0. The number of hydrogen-bond donors (Lipinski definition) is 3. The number of fused-ring (bicyclic) bond motifs is 2. The first-order chi connectivity index (χ1) is 20.3. The molecule has 2 amide bonds. The standard InChI is InChI=1S/C28H25FN8O2.CH2O2/c1-16-4-2-5-17-11-13-32-27(24(16)17)36(19-6-3-12-31-15-19)28(39)20-8-7-18(14-21(20)29)37-26-23(34-35-37)10-9-22(33-26)25(30)38;2-1-3/h2,4-5,7-11,13-14,19,31H,3,6,12,15H2,1H3,(H2,30,38);1H,(H,2,3)/t19-;/m1./s1. The van der Waals surface area contributed by atoms with E-state index in [-0.39, 0.29) is 29.4 Å². The molecule has 0 bridgehead atoms. The van der Waals surface area contributed by atoms with Gasteiger partial charge in [0.05, 0.1) is 17.3 Å². The summed E-state index contributed by atoms with van der Waals surface area (Å²) in [6.45, 7) is 3.17. The SMILES string of the molecule is Cc1cccc2ccnc(N(C(=O)c3ccc(-n4nnc5ccc(C(N)=O)nc54)cc3F)[C@@H]3CCCNC3)c12.O=CO. The molecule has 0 aliphatic carbocycles. The molecule has 1 atom stereocenters. The van der Waals surface area contributed by atoms with Crippen LogP contribution in [0.5, 0.6) is 0 Å². The predicted molar refractivity (Wildman–Crippen MR) is 153 cm³/mol. The van der Waals surface area contributed by atoms with Crippen molar-refractivity contribution < 1.29 is 23.9 Å². The van der Waals surface area contributed by atoms with Crippen LogP contribution < -0.4 is 16.0 Å². The van der Waals surface area contributed by atoms with E-state index in [2.05, 4.69) is 25.6 Å². The van der Waals surface area contributed by atoms with Gasteiger partial charge >= 0.3 is 0 Å². The Morgan fingerprint density at radius 2 is 2.00 bits per heavy atom. The van der Waals surface area contributed by atoms with Gasteiger partial charge in [-0.25, -0.2) is 14.4 Å². The van der Waals surface area contributed by atoms with Crippen molar-refractivity contribution in [1.82, 2.24) is 30.3 Å². The highest BCUT2D eigenvalue weighted by Gasteiger charge is 2.32. The van der Waals surface area contributed by atoms with Gasteiger partial charge in [0.15, 0.2) is 5.65 Å². The van der Waals surface area contributed by atoms with Gasteiger partial charge in [0.1, 0.15) is 22.8 Å². The number of rotatable bonds is 5. The Balaban J connectivity index is 0.00000113. The smallest absolute Gasteiger partial charge is 0.290 e. The third-order valence-electron chi connectivity index (χ3n) is 7.04. The van der Waals surface area contributed by atoms with Gasteiger partial charge in [-0.3, -0.25) is 19.3 Å². The second-order valence-electron chi connectivity index (χ2n) is 9.66. The summed E-state index contributed by atoms with van der Waals surface area (Å²) in [4.78, 5) is 44.5. The molecule has 1 aliphatic heterocycles. The average Bonchev–Trinajstić information content (AvgIpc) is 3.42. The number of benzene rings is 2. The Labute approximate surface area is 239 Å². The number of primary amides is 1. The summed E-state index contributed by atoms with van der Waals surface area (Å²) in [5.74, 6) is -1.39. The summed E-state index contributed by atoms with van der Waals surface area (Å²) in [6.07, 6.45) is 3.33. The molecule has 2 aromatic carbocycles. The second-order valence-corrected chi connectivity index (χ2v) is 9.66. The molecule has 0 saturated carbocycles. The van der Waals surface area contributed by atoms with Crippen molar-refractivity contribution in [2.24, 2.45) is 5.73 Å². The molecule has 4 N–H and O–H groups in total. The number of halogens is 1. The second kappa shape index (κ2) is 12.1. The summed E-state index contributed by atoms with van der Waals surface area (Å²) in [5, 5.41) is 20.1. The number of nitrogens with two attached hydrogens (primary N) is 1. The van der Waals surface area contributed by atoms with Crippen LogP contribution in [0.1, 0.15) is 39.3 Å². The zero-order valence-corrected chi connectivity index (χ0v) is 22.6. The number of nitrogens with one attached hydrogen (secondary N) is 1. The van der Waals surface area contributed by atoms with Crippen LogP contribution in [0.15, 0.2) is 60.8 Å². The van der Waals surface area contributed by atoms with Crippen molar-refractivity contribution in [3.05, 3.63) is 83.4 Å². The first-order valence-electron chi connectivity index (χ1n) is 13.1. The van der Waals surface area contributed by atoms with E-state index in [4.69, 9.17) is 15.6 Å². The van der Waals surface area contributed by atoms with Crippen molar-refractivity contribution in [2.45, 2.75) is 25.8 Å². The number of carbonyl (C=O) groups excluding carboxylic acids is 2. The maximum Gasteiger partial charge on any atom is 0.290 e. The largest absolute Gasteiger partial charge is 0.483 e. The third kappa shape index (κ3) is 5.37. The number of anilines is 1. The normalized spacial score (nSPS) is 14.7. The van der Waals surface area contributed by atoms with Gasteiger partial charge < -0.3 is 16.2 Å². The minimum Gasteiger partial charge on any atom is -0.483 e. The van der Waals surface area contributed by atoms with Gasteiger partial charge in [-0.2, -0.15) is 4.68 Å². The van der Waals surface area contributed by atoms with E-state index >= 15 is 4.39 Å². The molecule has 0 spiro atoms. The quantitative estimate of drug-likeness (QED) is 0.269. The first-order valence-corrected chi connectivity index (χ1v) is 13.1. The molecule has 3 aromatic heterocycles. The molecule has 5 aromatic rings. The summed E-state index contributed by atoms with van der Waals surface area (Å²) in [5.41, 5.74) is 7.24. The van der Waals surface area contributed by atoms with Crippen molar-refractivity contribution in [3.63, 3.8) is 0 Å². The van der Waals surface area contributed by atoms with Gasteiger partial charge in [0, 0.05) is 24.2 Å². The fourth-order valence-electron chi connectivity index (χ4n) is 5.12. The lowest BCUT2D eigenvalue weighted by Crippen LogP contribution is -2.49. The maximum atomic E-state index is 15.7. The lowest BCUT2D eigenvalue weighted by atomic mass is 10.0. The van der Waals surface area contributed by atoms with Crippen molar-refractivity contribution in [2.75, 3.05) is 18.0 Å². The van der Waals surface area contributed by atoms with Crippen LogP contribution in [0.25, 0.3) is 27.6 Å². The number of aromatic nitrogens is 5. The van der Waals surface area contributed by atoms with E-state index in [1.807, 2.05) is 31.2 Å². The van der Waals surface area contributed by atoms with Crippen molar-refractivity contribution in [3.8, 4) is 5.69 Å². The molecular formula is C29H27FN8O4. The molecule has 13 heteroatoms. The molecule has 4 heterocycles. The Morgan fingerprint density at radius 3 is 2.71 bits per heavy atom. The van der Waals surface area contributed by atoms with E-state index in [1.165, 1.54) is 22.9 Å². The van der Waals surface area contributed by atoms with Crippen LogP contribution >= 0.6 is 0 Å². The monoisotopic (exact) mass is 570 g/mol. The lowest BCUT2D eigenvalue weighted by molar-refractivity contribution is -0.122. The molecule has 0 radical (unpaired) electrons. The lowest BCUT2D eigenvalue weighted by Gasteiger charge is -2.35. The highest BCUT2D eigenvalue weighted by molar-refractivity contribution is 6.11. The van der Waals surface area contributed by atoms with Crippen LogP contribution in [0.3, 0.4) is 0 Å². The number of nitrogens with zero attached hydrogens (tertiary/aromatic N) is 6. The molecule has 0 unspecified atom stereocenters. The van der Waals surface area contributed by atoms with E-state index in [0.717, 1.165) is 35.7 Å². The minimum atomic E-state index is -0.724. The predicted octanol–water partition coefficient (Wildman–Crippen LogP) is 3.01. The molecule has 1 aliphatic rings. The Kier molecular flexibility index (Phi) is 8.11.